The predicted molar refractivity (Wildman–Crippen MR) is 92.0 cm³/mol. The second kappa shape index (κ2) is 6.78. The third kappa shape index (κ3) is 4.16. The molecule has 0 atom stereocenters. The number of aromatic hydroxyl groups is 1. The van der Waals surface area contributed by atoms with Gasteiger partial charge in [-0.15, -0.1) is 0 Å². The van der Waals surface area contributed by atoms with Gasteiger partial charge in [-0.05, 0) is 54.8 Å². The standard InChI is InChI=1S/C15H14Cl2N2O3S/c1-9-3-4-12(5-10(9)2)23(21,22)19-18-8-11-6-13(16)15(20)14(17)7-11/h3-8,19-20H,1-2H3/b18-8+. The summed E-state index contributed by atoms with van der Waals surface area (Å²) < 4.78 is 24.3. The van der Waals surface area contributed by atoms with Crippen LogP contribution in [0.4, 0.5) is 0 Å². The molecule has 0 fully saturated rings. The number of nitrogens with zero attached hydrogens (tertiary/aromatic N) is 1. The van der Waals surface area contributed by atoms with E-state index in [9.17, 15) is 13.5 Å². The lowest BCUT2D eigenvalue weighted by atomic mass is 10.1. The van der Waals surface area contributed by atoms with Crippen molar-refractivity contribution in [3.05, 3.63) is 57.1 Å². The zero-order valence-corrected chi connectivity index (χ0v) is 14.7. The Balaban J connectivity index is 2.20. The molecule has 0 aliphatic rings. The molecule has 0 heterocycles. The van der Waals surface area contributed by atoms with Crippen LogP contribution in [0.2, 0.25) is 10.0 Å². The van der Waals surface area contributed by atoms with Crippen molar-refractivity contribution in [2.45, 2.75) is 18.7 Å². The van der Waals surface area contributed by atoms with Crippen LogP contribution in [-0.4, -0.2) is 19.7 Å². The number of phenolic OH excluding ortho intramolecular Hbond substituents is 1. The number of phenols is 1. The van der Waals surface area contributed by atoms with Gasteiger partial charge in [0.15, 0.2) is 5.75 Å². The van der Waals surface area contributed by atoms with Crippen LogP contribution < -0.4 is 4.83 Å². The Morgan fingerprint density at radius 3 is 2.26 bits per heavy atom. The highest BCUT2D eigenvalue weighted by molar-refractivity contribution is 7.89. The van der Waals surface area contributed by atoms with Gasteiger partial charge in [0.05, 0.1) is 21.2 Å². The van der Waals surface area contributed by atoms with Crippen molar-refractivity contribution in [1.29, 1.82) is 0 Å². The summed E-state index contributed by atoms with van der Waals surface area (Å²) in [5, 5.41) is 13.3. The van der Waals surface area contributed by atoms with Crippen LogP contribution in [0.3, 0.4) is 0 Å². The lowest BCUT2D eigenvalue weighted by Crippen LogP contribution is -2.18. The van der Waals surface area contributed by atoms with Crippen molar-refractivity contribution in [1.82, 2.24) is 4.83 Å². The fraction of sp³-hybridized carbons (Fsp3) is 0.133. The van der Waals surface area contributed by atoms with Crippen molar-refractivity contribution in [2.24, 2.45) is 5.10 Å². The number of nitrogens with one attached hydrogen (secondary N) is 1. The maximum absolute atomic E-state index is 12.2. The molecule has 0 saturated heterocycles. The van der Waals surface area contributed by atoms with Gasteiger partial charge < -0.3 is 5.11 Å². The summed E-state index contributed by atoms with van der Waals surface area (Å²) in [6.07, 6.45) is 1.25. The van der Waals surface area contributed by atoms with Crippen LogP contribution in [0.25, 0.3) is 0 Å². The Kier molecular flexibility index (Phi) is 5.19. The van der Waals surface area contributed by atoms with Crippen molar-refractivity contribution in [3.8, 4) is 5.75 Å². The number of halogens is 2. The van der Waals surface area contributed by atoms with Gasteiger partial charge in [0, 0.05) is 0 Å². The van der Waals surface area contributed by atoms with Gasteiger partial charge in [-0.2, -0.15) is 13.5 Å². The van der Waals surface area contributed by atoms with Gasteiger partial charge in [-0.25, -0.2) is 4.83 Å². The van der Waals surface area contributed by atoms with E-state index in [4.69, 9.17) is 23.2 Å². The fourth-order valence-corrected chi connectivity index (χ4v) is 3.14. The molecular formula is C15H14Cl2N2O3S. The van der Waals surface area contributed by atoms with Crippen molar-refractivity contribution < 1.29 is 13.5 Å². The number of benzene rings is 2. The van der Waals surface area contributed by atoms with E-state index >= 15 is 0 Å². The fourth-order valence-electron chi connectivity index (χ4n) is 1.76. The van der Waals surface area contributed by atoms with E-state index in [0.29, 0.717) is 5.56 Å². The van der Waals surface area contributed by atoms with Crippen LogP contribution in [0.15, 0.2) is 40.3 Å². The average molecular weight is 373 g/mol. The Morgan fingerprint density at radius 1 is 1.09 bits per heavy atom. The van der Waals surface area contributed by atoms with E-state index in [0.717, 1.165) is 11.1 Å². The second-order valence-electron chi connectivity index (χ2n) is 4.93. The number of aryl methyl sites for hydroxylation is 2. The first kappa shape index (κ1) is 17.6. The molecule has 0 radical (unpaired) electrons. The molecule has 0 unspecified atom stereocenters. The molecule has 5 nitrogen and oxygen atoms in total. The van der Waals surface area contributed by atoms with E-state index in [2.05, 4.69) is 9.93 Å². The average Bonchev–Trinajstić information content (AvgIpc) is 2.47. The molecule has 23 heavy (non-hydrogen) atoms. The SMILES string of the molecule is Cc1ccc(S(=O)(=O)N/N=C/c2cc(Cl)c(O)c(Cl)c2)cc1C. The van der Waals surface area contributed by atoms with Gasteiger partial charge in [0.25, 0.3) is 10.0 Å². The first-order valence-electron chi connectivity index (χ1n) is 6.51. The van der Waals surface area contributed by atoms with Crippen molar-refractivity contribution in [3.63, 3.8) is 0 Å². The van der Waals surface area contributed by atoms with Gasteiger partial charge >= 0.3 is 0 Å². The molecule has 2 N–H and O–H groups in total. The summed E-state index contributed by atoms with van der Waals surface area (Å²) in [6, 6.07) is 7.64. The summed E-state index contributed by atoms with van der Waals surface area (Å²) in [6.45, 7) is 3.73. The molecule has 8 heteroatoms. The quantitative estimate of drug-likeness (QED) is 0.635. The van der Waals surface area contributed by atoms with Crippen LogP contribution >= 0.6 is 23.2 Å². The molecule has 0 aromatic heterocycles. The zero-order chi connectivity index (χ0) is 17.2. The monoisotopic (exact) mass is 372 g/mol. The van der Waals surface area contributed by atoms with Gasteiger partial charge in [0.1, 0.15) is 0 Å². The Morgan fingerprint density at radius 2 is 1.70 bits per heavy atom. The third-order valence-electron chi connectivity index (χ3n) is 3.21. The molecule has 0 saturated carbocycles. The predicted octanol–water partition coefficient (Wildman–Crippen LogP) is 3.63. The number of rotatable bonds is 4. The first-order chi connectivity index (χ1) is 10.7. The number of sulfonamides is 1. The molecule has 122 valence electrons. The topological polar surface area (TPSA) is 78.8 Å². The summed E-state index contributed by atoms with van der Waals surface area (Å²) in [5.41, 5.74) is 2.32. The largest absolute Gasteiger partial charge is 0.505 e. The minimum absolute atomic E-state index is 0.0518. The normalized spacial score (nSPS) is 11.8. The summed E-state index contributed by atoms with van der Waals surface area (Å²) >= 11 is 11.6. The molecule has 0 amide bonds. The Hall–Kier alpha value is -1.76. The zero-order valence-electron chi connectivity index (χ0n) is 12.3. The van der Waals surface area contributed by atoms with Crippen LogP contribution in [-0.2, 0) is 10.0 Å². The molecule has 2 aromatic carbocycles. The highest BCUT2D eigenvalue weighted by Gasteiger charge is 2.13. The number of hydrogen-bond donors (Lipinski definition) is 2. The highest BCUT2D eigenvalue weighted by Crippen LogP contribution is 2.32. The van der Waals surface area contributed by atoms with E-state index < -0.39 is 10.0 Å². The van der Waals surface area contributed by atoms with Gasteiger partial charge in [-0.1, -0.05) is 29.3 Å². The van der Waals surface area contributed by atoms with Crippen LogP contribution in [0.1, 0.15) is 16.7 Å². The van der Waals surface area contributed by atoms with Gasteiger partial charge in [0.2, 0.25) is 0 Å². The van der Waals surface area contributed by atoms with E-state index in [1.165, 1.54) is 24.4 Å². The molecular weight excluding hydrogens is 359 g/mol. The van der Waals surface area contributed by atoms with Crippen LogP contribution in [0.5, 0.6) is 5.75 Å². The van der Waals surface area contributed by atoms with E-state index in [-0.39, 0.29) is 20.7 Å². The lowest BCUT2D eigenvalue weighted by molar-refractivity contribution is 0.476. The molecule has 2 aromatic rings. The minimum Gasteiger partial charge on any atom is -0.505 e. The Labute approximate surface area is 144 Å². The van der Waals surface area contributed by atoms with Crippen LogP contribution in [0, 0.1) is 13.8 Å². The number of hydrazone groups is 1. The second-order valence-corrected chi connectivity index (χ2v) is 7.41. The van der Waals surface area contributed by atoms with Crippen molar-refractivity contribution >= 4 is 39.4 Å². The maximum Gasteiger partial charge on any atom is 0.276 e. The highest BCUT2D eigenvalue weighted by atomic mass is 35.5. The summed E-state index contributed by atoms with van der Waals surface area (Å²) in [7, 11) is -3.76. The maximum atomic E-state index is 12.2. The smallest absolute Gasteiger partial charge is 0.276 e. The minimum atomic E-state index is -3.76. The molecule has 0 aliphatic carbocycles. The first-order valence-corrected chi connectivity index (χ1v) is 8.75. The lowest BCUT2D eigenvalue weighted by Gasteiger charge is -2.06. The van der Waals surface area contributed by atoms with E-state index in [1.54, 1.807) is 12.1 Å². The van der Waals surface area contributed by atoms with Gasteiger partial charge in [-0.3, -0.25) is 0 Å². The number of hydrogen-bond acceptors (Lipinski definition) is 4. The summed E-state index contributed by atoms with van der Waals surface area (Å²) in [4.78, 5) is 2.24. The van der Waals surface area contributed by atoms with Crippen molar-refractivity contribution in [2.75, 3.05) is 0 Å². The molecule has 0 spiro atoms. The van der Waals surface area contributed by atoms with E-state index in [1.807, 2.05) is 13.8 Å². The summed E-state index contributed by atoms with van der Waals surface area (Å²) in [5.74, 6) is -0.235. The third-order valence-corrected chi connectivity index (χ3v) is 5.01. The molecule has 0 bridgehead atoms. The molecule has 0 aliphatic heterocycles. The Bertz CT molecular complexity index is 857. The molecule has 2 rings (SSSR count).